The number of hydrogen-bond acceptors (Lipinski definition) is 9. The molecule has 1 aromatic carbocycles. The van der Waals surface area contributed by atoms with Gasteiger partial charge >= 0.3 is 5.97 Å². The van der Waals surface area contributed by atoms with Gasteiger partial charge in [-0.1, -0.05) is 17.7 Å². The zero-order valence-corrected chi connectivity index (χ0v) is 23.2. The third-order valence-electron chi connectivity index (χ3n) is 7.35. The minimum atomic E-state index is -0.997. The SMILES string of the molecule is O=C(O)c1ccc2nc(CN3CCN(c4ncc(F)c(OCc5ccc(Cl)cc5F)n4)CC3)c(CNC3COC3)n2c1. The summed E-state index contributed by atoms with van der Waals surface area (Å²) in [5, 5.41) is 13.2. The van der Waals surface area contributed by atoms with Crippen LogP contribution in [0.15, 0.2) is 42.7 Å². The van der Waals surface area contributed by atoms with E-state index in [0.717, 1.165) is 17.6 Å². The lowest BCUT2D eigenvalue weighted by molar-refractivity contribution is -0.00598. The molecule has 14 heteroatoms. The van der Waals surface area contributed by atoms with Crippen molar-refractivity contribution >= 4 is 29.2 Å². The number of carbonyl (C=O) groups is 1. The van der Waals surface area contributed by atoms with Gasteiger partial charge in [0.1, 0.15) is 18.1 Å². The molecule has 0 bridgehead atoms. The van der Waals surface area contributed by atoms with Crippen LogP contribution in [0.5, 0.6) is 5.88 Å². The lowest BCUT2D eigenvalue weighted by atomic mass is 10.2. The van der Waals surface area contributed by atoms with Gasteiger partial charge in [0.05, 0.1) is 42.4 Å². The van der Waals surface area contributed by atoms with Gasteiger partial charge in [0, 0.05) is 56.1 Å². The zero-order chi connectivity index (χ0) is 29.2. The third kappa shape index (κ3) is 6.14. The molecule has 2 N–H and O–H groups in total. The summed E-state index contributed by atoms with van der Waals surface area (Å²) in [6.45, 7) is 4.69. The smallest absolute Gasteiger partial charge is 0.337 e. The van der Waals surface area contributed by atoms with Crippen molar-refractivity contribution in [2.45, 2.75) is 25.7 Å². The van der Waals surface area contributed by atoms with Crippen LogP contribution in [-0.4, -0.2) is 80.8 Å². The van der Waals surface area contributed by atoms with Crippen LogP contribution in [0.4, 0.5) is 14.7 Å². The molecule has 0 atom stereocenters. The molecule has 2 aliphatic heterocycles. The summed E-state index contributed by atoms with van der Waals surface area (Å²) < 4.78 is 41.1. The normalized spacial score (nSPS) is 16.1. The highest BCUT2D eigenvalue weighted by Crippen LogP contribution is 2.23. The van der Waals surface area contributed by atoms with E-state index in [4.69, 9.17) is 26.1 Å². The molecule has 0 saturated carbocycles. The number of benzene rings is 1. The molecule has 0 spiro atoms. The number of pyridine rings is 1. The number of imidazole rings is 1. The standard InChI is InChI=1S/C28H28ClF2N7O4/c29-19-3-1-18(21(30)9-19)14-42-26-22(31)10-33-28(35-26)37-7-5-36(6-8-37)13-23-24(11-32-20-15-41-16-20)38-12-17(27(39)40)2-4-25(38)34-23/h1-4,9-10,12,20,32H,5-8,11,13-16H2,(H,39,40). The first-order valence-electron chi connectivity index (χ1n) is 13.4. The van der Waals surface area contributed by atoms with E-state index in [-0.39, 0.29) is 34.7 Å². The molecule has 2 saturated heterocycles. The predicted molar refractivity (Wildman–Crippen MR) is 149 cm³/mol. The van der Waals surface area contributed by atoms with Crippen molar-refractivity contribution in [1.29, 1.82) is 0 Å². The fourth-order valence-corrected chi connectivity index (χ4v) is 5.03. The van der Waals surface area contributed by atoms with Gasteiger partial charge in [0.15, 0.2) is 0 Å². The lowest BCUT2D eigenvalue weighted by Crippen LogP contribution is -2.47. The third-order valence-corrected chi connectivity index (χ3v) is 7.59. The van der Waals surface area contributed by atoms with Crippen LogP contribution in [0, 0.1) is 11.6 Å². The minimum absolute atomic E-state index is 0.189. The van der Waals surface area contributed by atoms with Gasteiger partial charge in [0.25, 0.3) is 5.88 Å². The average molecular weight is 600 g/mol. The Morgan fingerprint density at radius 3 is 2.64 bits per heavy atom. The summed E-state index contributed by atoms with van der Waals surface area (Å²) in [5.74, 6) is -2.21. The summed E-state index contributed by atoms with van der Waals surface area (Å²) in [4.78, 5) is 29.0. The first kappa shape index (κ1) is 28.2. The van der Waals surface area contributed by atoms with Crippen LogP contribution in [0.2, 0.25) is 5.02 Å². The second-order valence-electron chi connectivity index (χ2n) is 10.2. The highest BCUT2D eigenvalue weighted by molar-refractivity contribution is 6.30. The maximum Gasteiger partial charge on any atom is 0.337 e. The minimum Gasteiger partial charge on any atom is -0.478 e. The Bertz CT molecular complexity index is 1610. The van der Waals surface area contributed by atoms with Crippen LogP contribution in [-0.2, 0) is 24.4 Å². The zero-order valence-electron chi connectivity index (χ0n) is 22.5. The van der Waals surface area contributed by atoms with Gasteiger partial charge in [-0.15, -0.1) is 0 Å². The van der Waals surface area contributed by atoms with E-state index in [1.165, 1.54) is 18.2 Å². The topological polar surface area (TPSA) is 117 Å². The number of aromatic carboxylic acids is 1. The van der Waals surface area contributed by atoms with Gasteiger partial charge < -0.3 is 29.2 Å². The summed E-state index contributed by atoms with van der Waals surface area (Å²) in [6, 6.07) is 7.71. The van der Waals surface area contributed by atoms with Crippen LogP contribution < -0.4 is 15.0 Å². The molecule has 0 aliphatic carbocycles. The van der Waals surface area contributed by atoms with E-state index in [9.17, 15) is 18.7 Å². The number of carboxylic acid groups (broad SMARTS) is 1. The van der Waals surface area contributed by atoms with Gasteiger partial charge in [-0.2, -0.15) is 9.37 Å². The van der Waals surface area contributed by atoms with Crippen molar-refractivity contribution in [3.8, 4) is 5.88 Å². The van der Waals surface area contributed by atoms with E-state index < -0.39 is 17.6 Å². The fraction of sp³-hybridized carbons (Fsp3) is 0.357. The van der Waals surface area contributed by atoms with Gasteiger partial charge in [-0.3, -0.25) is 4.90 Å². The number of aromatic nitrogens is 4. The number of nitrogens with zero attached hydrogens (tertiary/aromatic N) is 6. The summed E-state index contributed by atoms with van der Waals surface area (Å²) in [5.41, 5.74) is 2.87. The molecule has 2 fully saturated rings. The first-order chi connectivity index (χ1) is 20.3. The quantitative estimate of drug-likeness (QED) is 0.281. The molecule has 0 amide bonds. The fourth-order valence-electron chi connectivity index (χ4n) is 4.88. The number of rotatable bonds is 10. The second-order valence-corrected chi connectivity index (χ2v) is 10.6. The number of nitrogens with one attached hydrogen (secondary N) is 1. The molecular formula is C28H28ClF2N7O4. The Hall–Kier alpha value is -3.91. The molecule has 42 heavy (non-hydrogen) atoms. The molecular weight excluding hydrogens is 572 g/mol. The maximum atomic E-state index is 14.4. The van der Waals surface area contributed by atoms with Crippen molar-refractivity contribution < 1.29 is 28.2 Å². The monoisotopic (exact) mass is 599 g/mol. The van der Waals surface area contributed by atoms with Gasteiger partial charge in [-0.25, -0.2) is 19.2 Å². The van der Waals surface area contributed by atoms with Crippen molar-refractivity contribution in [2.75, 3.05) is 44.3 Å². The Morgan fingerprint density at radius 1 is 1.12 bits per heavy atom. The summed E-state index contributed by atoms with van der Waals surface area (Å²) >= 11 is 5.80. The average Bonchev–Trinajstić information content (AvgIpc) is 3.29. The highest BCUT2D eigenvalue weighted by Gasteiger charge is 2.25. The van der Waals surface area contributed by atoms with E-state index in [1.54, 1.807) is 18.3 Å². The molecule has 0 radical (unpaired) electrons. The summed E-state index contributed by atoms with van der Waals surface area (Å²) in [7, 11) is 0. The number of carboxylic acids is 1. The van der Waals surface area contributed by atoms with Crippen LogP contribution in [0.1, 0.15) is 27.3 Å². The van der Waals surface area contributed by atoms with Crippen molar-refractivity contribution in [1.82, 2.24) is 29.6 Å². The molecule has 11 nitrogen and oxygen atoms in total. The van der Waals surface area contributed by atoms with Crippen LogP contribution in [0.3, 0.4) is 0 Å². The van der Waals surface area contributed by atoms with Crippen molar-refractivity contribution in [2.24, 2.45) is 0 Å². The van der Waals surface area contributed by atoms with Gasteiger partial charge in [0.2, 0.25) is 11.8 Å². The maximum absolute atomic E-state index is 14.4. The van der Waals surface area contributed by atoms with Crippen LogP contribution >= 0.6 is 11.6 Å². The number of ether oxygens (including phenoxy) is 2. The van der Waals surface area contributed by atoms with E-state index >= 15 is 0 Å². The molecule has 2 aliphatic rings. The van der Waals surface area contributed by atoms with E-state index in [2.05, 4.69) is 20.2 Å². The lowest BCUT2D eigenvalue weighted by Gasteiger charge is -2.34. The predicted octanol–water partition coefficient (Wildman–Crippen LogP) is 3.14. The number of fused-ring (bicyclic) bond motifs is 1. The molecule has 6 rings (SSSR count). The summed E-state index contributed by atoms with van der Waals surface area (Å²) in [6.07, 6.45) is 2.66. The Morgan fingerprint density at radius 2 is 1.93 bits per heavy atom. The molecule has 0 unspecified atom stereocenters. The number of halogens is 3. The van der Waals surface area contributed by atoms with Crippen molar-refractivity contribution in [3.05, 3.63) is 81.9 Å². The first-order valence-corrected chi connectivity index (χ1v) is 13.8. The molecule has 3 aromatic heterocycles. The molecule has 220 valence electrons. The van der Waals surface area contributed by atoms with Crippen LogP contribution in [0.25, 0.3) is 5.65 Å². The molecule has 4 aromatic rings. The van der Waals surface area contributed by atoms with E-state index in [0.29, 0.717) is 64.1 Å². The highest BCUT2D eigenvalue weighted by atomic mass is 35.5. The Kier molecular flexibility index (Phi) is 8.16. The number of piperazine rings is 1. The second kappa shape index (κ2) is 12.1. The largest absolute Gasteiger partial charge is 0.478 e. The number of anilines is 1. The van der Waals surface area contributed by atoms with Crippen molar-refractivity contribution in [3.63, 3.8) is 0 Å². The number of hydrogen-bond donors (Lipinski definition) is 2. The van der Waals surface area contributed by atoms with E-state index in [1.807, 2.05) is 9.30 Å². The Balaban J connectivity index is 1.12. The molecule has 5 heterocycles. The Labute approximate surface area is 244 Å². The van der Waals surface area contributed by atoms with Gasteiger partial charge in [-0.05, 0) is 24.3 Å².